The van der Waals surface area contributed by atoms with Crippen molar-refractivity contribution in [3.63, 3.8) is 0 Å². The summed E-state index contributed by atoms with van der Waals surface area (Å²) in [6.07, 6.45) is 4.59. The molecule has 2 heterocycles. The zero-order valence-electron chi connectivity index (χ0n) is 11.2. The number of nitrogens with zero attached hydrogens (tertiary/aromatic N) is 2. The van der Waals surface area contributed by atoms with Crippen molar-refractivity contribution < 1.29 is 19.0 Å². The van der Waals surface area contributed by atoms with E-state index in [2.05, 4.69) is 4.98 Å². The molecule has 0 amide bonds. The van der Waals surface area contributed by atoms with Crippen LogP contribution in [0.4, 0.5) is 0 Å². The molecule has 0 atom stereocenters. The molecule has 0 unspecified atom stereocenters. The maximum Gasteiger partial charge on any atom is 0.275 e. The number of carbonyl (C=O) groups is 1. The van der Waals surface area contributed by atoms with E-state index in [0.29, 0.717) is 17.2 Å². The summed E-state index contributed by atoms with van der Waals surface area (Å²) in [7, 11) is 0. The Morgan fingerprint density at radius 3 is 2.90 bits per heavy atom. The van der Waals surface area contributed by atoms with Crippen LogP contribution in [-0.2, 0) is 0 Å². The summed E-state index contributed by atoms with van der Waals surface area (Å²) in [5.41, 5.74) is -1.02. The van der Waals surface area contributed by atoms with Crippen molar-refractivity contribution in [3.05, 3.63) is 36.9 Å². The van der Waals surface area contributed by atoms with Gasteiger partial charge in [0, 0.05) is 18.5 Å². The van der Waals surface area contributed by atoms with Crippen molar-refractivity contribution in [2.75, 3.05) is 6.79 Å². The molecule has 0 saturated heterocycles. The van der Waals surface area contributed by atoms with Gasteiger partial charge in [0.15, 0.2) is 17.1 Å². The summed E-state index contributed by atoms with van der Waals surface area (Å²) in [4.78, 5) is 16.2. The molecule has 0 saturated carbocycles. The van der Waals surface area contributed by atoms with Crippen LogP contribution in [0.15, 0.2) is 36.9 Å². The van der Waals surface area contributed by atoms with E-state index < -0.39 is 5.60 Å². The molecule has 0 N–H and O–H groups in total. The fraction of sp³-hybridized carbons (Fsp3) is 0.286. The molecule has 2 aromatic rings. The first-order valence-corrected chi connectivity index (χ1v) is 6.18. The van der Waals surface area contributed by atoms with Crippen molar-refractivity contribution >= 4 is 5.91 Å². The average Bonchev–Trinajstić information content (AvgIpc) is 3.08. The van der Waals surface area contributed by atoms with E-state index in [1.54, 1.807) is 44.4 Å². The smallest absolute Gasteiger partial charge is 0.275 e. The average molecular weight is 274 g/mol. The van der Waals surface area contributed by atoms with Gasteiger partial charge in [0.25, 0.3) is 5.91 Å². The van der Waals surface area contributed by atoms with Gasteiger partial charge in [-0.15, -0.1) is 0 Å². The van der Waals surface area contributed by atoms with Gasteiger partial charge in [0.05, 0.1) is 0 Å². The van der Waals surface area contributed by atoms with Crippen LogP contribution in [0.3, 0.4) is 0 Å². The third kappa shape index (κ3) is 2.20. The van der Waals surface area contributed by atoms with Gasteiger partial charge < -0.3 is 14.2 Å². The highest BCUT2D eigenvalue weighted by Crippen LogP contribution is 2.36. The van der Waals surface area contributed by atoms with E-state index in [4.69, 9.17) is 14.2 Å². The lowest BCUT2D eigenvalue weighted by molar-refractivity contribution is 0.0487. The lowest BCUT2D eigenvalue weighted by Gasteiger charge is -2.24. The second-order valence-corrected chi connectivity index (χ2v) is 4.90. The topological polar surface area (TPSA) is 62.6 Å². The molecule has 0 spiro atoms. The van der Waals surface area contributed by atoms with Crippen molar-refractivity contribution in [3.8, 4) is 17.2 Å². The number of hydrogen-bond donors (Lipinski definition) is 0. The highest BCUT2D eigenvalue weighted by Gasteiger charge is 2.31. The Morgan fingerprint density at radius 2 is 2.15 bits per heavy atom. The van der Waals surface area contributed by atoms with Crippen LogP contribution < -0.4 is 14.2 Å². The molecule has 0 bridgehead atoms. The van der Waals surface area contributed by atoms with Crippen molar-refractivity contribution in [2.45, 2.75) is 19.4 Å². The van der Waals surface area contributed by atoms with Gasteiger partial charge in [-0.05, 0) is 26.0 Å². The maximum absolute atomic E-state index is 12.3. The Hall–Kier alpha value is -2.50. The summed E-state index contributed by atoms with van der Waals surface area (Å²) in [6.45, 7) is 3.62. The van der Waals surface area contributed by atoms with Crippen LogP contribution in [0.2, 0.25) is 0 Å². The number of rotatable bonds is 3. The molecular weight excluding hydrogens is 260 g/mol. The molecule has 1 aliphatic rings. The second-order valence-electron chi connectivity index (χ2n) is 4.90. The highest BCUT2D eigenvalue weighted by atomic mass is 16.7. The Balaban J connectivity index is 1.81. The molecule has 20 heavy (non-hydrogen) atoms. The van der Waals surface area contributed by atoms with Crippen molar-refractivity contribution in [1.29, 1.82) is 0 Å². The highest BCUT2D eigenvalue weighted by molar-refractivity contribution is 5.86. The van der Waals surface area contributed by atoms with E-state index in [0.717, 1.165) is 0 Å². The van der Waals surface area contributed by atoms with Crippen LogP contribution in [0.5, 0.6) is 17.2 Å². The maximum atomic E-state index is 12.3. The zero-order valence-corrected chi connectivity index (χ0v) is 11.2. The van der Waals surface area contributed by atoms with Crippen LogP contribution in [0.25, 0.3) is 0 Å². The lowest BCUT2D eigenvalue weighted by Crippen LogP contribution is -2.41. The van der Waals surface area contributed by atoms with Gasteiger partial charge in [-0.2, -0.15) is 0 Å². The summed E-state index contributed by atoms with van der Waals surface area (Å²) >= 11 is 0. The third-order valence-electron chi connectivity index (χ3n) is 2.97. The van der Waals surface area contributed by atoms with Crippen LogP contribution in [-0.4, -0.2) is 27.9 Å². The molecule has 3 rings (SSSR count). The number of benzene rings is 1. The van der Waals surface area contributed by atoms with Gasteiger partial charge in [-0.1, -0.05) is 0 Å². The summed E-state index contributed by atoms with van der Waals surface area (Å²) < 4.78 is 17.7. The number of carbonyl (C=O) groups excluding carboxylic acids is 1. The third-order valence-corrected chi connectivity index (χ3v) is 2.97. The van der Waals surface area contributed by atoms with Crippen molar-refractivity contribution in [1.82, 2.24) is 9.55 Å². The number of aromatic nitrogens is 2. The minimum Gasteiger partial charge on any atom is -0.478 e. The van der Waals surface area contributed by atoms with E-state index in [-0.39, 0.29) is 12.7 Å². The van der Waals surface area contributed by atoms with E-state index in [1.807, 2.05) is 0 Å². The zero-order chi connectivity index (χ0) is 14.2. The number of ether oxygens (including phenoxy) is 3. The van der Waals surface area contributed by atoms with Crippen LogP contribution in [0, 0.1) is 0 Å². The minimum absolute atomic E-state index is 0.201. The summed E-state index contributed by atoms with van der Waals surface area (Å²) in [5.74, 6) is 1.64. The predicted molar refractivity (Wildman–Crippen MR) is 70.1 cm³/mol. The van der Waals surface area contributed by atoms with E-state index in [1.165, 1.54) is 10.9 Å². The van der Waals surface area contributed by atoms with Crippen LogP contribution >= 0.6 is 0 Å². The fourth-order valence-corrected chi connectivity index (χ4v) is 1.97. The lowest BCUT2D eigenvalue weighted by atomic mass is 10.1. The van der Waals surface area contributed by atoms with E-state index >= 15 is 0 Å². The normalized spacial score (nSPS) is 13.3. The molecule has 0 aliphatic carbocycles. The first kappa shape index (κ1) is 12.5. The standard InChI is InChI=1S/C14H14N2O4/c1-14(2,13(17)16-6-5-15-8-16)20-10-3-4-11-12(7-10)19-9-18-11/h3-8H,9H2,1-2H3. The molecule has 6 nitrogen and oxygen atoms in total. The second kappa shape index (κ2) is 4.56. The fourth-order valence-electron chi connectivity index (χ4n) is 1.97. The molecule has 1 aromatic heterocycles. The first-order chi connectivity index (χ1) is 9.56. The summed E-state index contributed by atoms with van der Waals surface area (Å²) in [5, 5.41) is 0. The summed E-state index contributed by atoms with van der Waals surface area (Å²) in [6, 6.07) is 5.22. The molecular formula is C14H14N2O4. The first-order valence-electron chi connectivity index (χ1n) is 6.18. The Bertz CT molecular complexity index is 635. The predicted octanol–water partition coefficient (Wildman–Crippen LogP) is 2.11. The molecule has 6 heteroatoms. The van der Waals surface area contributed by atoms with Gasteiger partial charge in [0.1, 0.15) is 12.1 Å². The molecule has 1 aromatic carbocycles. The van der Waals surface area contributed by atoms with Gasteiger partial charge in [0.2, 0.25) is 6.79 Å². The SMILES string of the molecule is CC(C)(Oc1ccc2c(c1)OCO2)C(=O)n1ccnc1. The van der Waals surface area contributed by atoms with Crippen molar-refractivity contribution in [2.24, 2.45) is 0 Å². The van der Waals surface area contributed by atoms with E-state index in [9.17, 15) is 4.79 Å². The molecule has 0 radical (unpaired) electrons. The quantitative estimate of drug-likeness (QED) is 0.857. The molecule has 0 fully saturated rings. The van der Waals surface area contributed by atoms with Crippen LogP contribution in [0.1, 0.15) is 18.6 Å². The Labute approximate surface area is 115 Å². The molecule has 104 valence electrons. The number of imidazole rings is 1. The monoisotopic (exact) mass is 274 g/mol. The molecule has 1 aliphatic heterocycles. The number of hydrogen-bond acceptors (Lipinski definition) is 5. The minimum atomic E-state index is -1.02. The number of fused-ring (bicyclic) bond motifs is 1. The Morgan fingerprint density at radius 1 is 1.35 bits per heavy atom. The van der Waals surface area contributed by atoms with Gasteiger partial charge >= 0.3 is 0 Å². The van der Waals surface area contributed by atoms with Gasteiger partial charge in [-0.3, -0.25) is 9.36 Å². The van der Waals surface area contributed by atoms with Gasteiger partial charge in [-0.25, -0.2) is 4.98 Å². The Kier molecular flexibility index (Phi) is 2.85. The largest absolute Gasteiger partial charge is 0.478 e.